The summed E-state index contributed by atoms with van der Waals surface area (Å²) in [5, 5.41) is 2.95. The van der Waals surface area contributed by atoms with E-state index in [0.717, 1.165) is 5.69 Å². The molecule has 2 nitrogen and oxygen atoms in total. The molecule has 0 amide bonds. The molecule has 2 aliphatic rings. The number of fused-ring (bicyclic) bond motifs is 4. The molecule has 2 aliphatic heterocycles. The number of anilines is 6. The molecule has 230 valence electrons. The number of rotatable bonds is 4. The molecule has 0 fully saturated rings. The van der Waals surface area contributed by atoms with Crippen molar-refractivity contribution in [3.05, 3.63) is 204 Å². The highest BCUT2D eigenvalue weighted by Gasteiger charge is 2.46. The van der Waals surface area contributed by atoms with Gasteiger partial charge >= 0.3 is 0 Å². The van der Waals surface area contributed by atoms with Crippen molar-refractivity contribution < 1.29 is 0 Å². The number of hydrogen-bond donors (Lipinski definition) is 0. The lowest BCUT2D eigenvalue weighted by atomic mass is 9.62. The third kappa shape index (κ3) is 4.04. The maximum absolute atomic E-state index is 2.48. The zero-order valence-corrected chi connectivity index (χ0v) is 28.2. The molecular weight excluding hydrogens is 597 g/mol. The molecule has 2 heterocycles. The zero-order chi connectivity index (χ0) is 32.3. The predicted octanol–water partition coefficient (Wildman–Crippen LogP) is 10.5. The third-order valence-electron chi connectivity index (χ3n) is 10.5. The minimum absolute atomic E-state index is 0.523. The van der Waals surface area contributed by atoms with E-state index in [-0.39, 0.29) is 0 Å². The van der Waals surface area contributed by atoms with E-state index >= 15 is 0 Å². The van der Waals surface area contributed by atoms with Gasteiger partial charge < -0.3 is 9.80 Å². The first-order valence-electron chi connectivity index (χ1n) is 16.8. The van der Waals surface area contributed by atoms with Crippen LogP contribution in [-0.4, -0.2) is 8.07 Å². The first kappa shape index (κ1) is 28.6. The van der Waals surface area contributed by atoms with Gasteiger partial charge in [0.15, 0.2) is 0 Å². The second-order valence-electron chi connectivity index (χ2n) is 13.4. The number of para-hydroxylation sites is 5. The summed E-state index contributed by atoms with van der Waals surface area (Å²) in [6.45, 7) is 4.96. The molecular formula is C45H36N2Si. The summed E-state index contributed by atoms with van der Waals surface area (Å²) >= 11 is 0. The van der Waals surface area contributed by atoms with Crippen molar-refractivity contribution in [1.82, 2.24) is 0 Å². The van der Waals surface area contributed by atoms with Gasteiger partial charge in [-0.3, -0.25) is 0 Å². The highest BCUT2D eigenvalue weighted by molar-refractivity contribution is 7.02. The van der Waals surface area contributed by atoms with Gasteiger partial charge in [0.2, 0.25) is 0 Å². The van der Waals surface area contributed by atoms with Gasteiger partial charge in [0.25, 0.3) is 0 Å². The monoisotopic (exact) mass is 632 g/mol. The predicted molar refractivity (Wildman–Crippen MR) is 204 cm³/mol. The van der Waals surface area contributed by atoms with Crippen molar-refractivity contribution >= 4 is 52.6 Å². The van der Waals surface area contributed by atoms with Crippen molar-refractivity contribution in [1.29, 1.82) is 0 Å². The van der Waals surface area contributed by atoms with E-state index in [1.165, 1.54) is 61.1 Å². The second kappa shape index (κ2) is 11.0. The Hall–Kier alpha value is -5.64. The van der Waals surface area contributed by atoms with Crippen LogP contribution in [0.4, 0.5) is 34.1 Å². The molecule has 0 spiro atoms. The minimum Gasteiger partial charge on any atom is -0.311 e. The summed E-state index contributed by atoms with van der Waals surface area (Å²) in [5.74, 6) is 0. The van der Waals surface area contributed by atoms with Crippen molar-refractivity contribution in [2.75, 3.05) is 9.80 Å². The topological polar surface area (TPSA) is 6.48 Å². The molecule has 7 aromatic rings. The molecule has 0 bridgehead atoms. The quantitative estimate of drug-likeness (QED) is 0.178. The standard InChI is InChI=1S/C45H36N2Si/c1-48(2)43-27-15-13-25-41(43)47(42-26-14-16-28-44(42)48)36-31-29-34(30-32-36)45(33-17-5-3-6-18-33)37-21-9-11-23-39(37)46(35-19-7-4-8-20-35)40-24-12-10-22-38(40)45/h3-32H,1-2H3. The van der Waals surface area contributed by atoms with E-state index < -0.39 is 13.5 Å². The Morgan fingerprint density at radius 1 is 0.354 bits per heavy atom. The lowest BCUT2D eigenvalue weighted by Gasteiger charge is -2.46. The Kier molecular flexibility index (Phi) is 6.53. The number of hydrogen-bond acceptors (Lipinski definition) is 2. The van der Waals surface area contributed by atoms with Crippen LogP contribution in [0.25, 0.3) is 0 Å². The largest absolute Gasteiger partial charge is 0.311 e. The Bertz CT molecular complexity index is 2180. The van der Waals surface area contributed by atoms with Crippen LogP contribution < -0.4 is 20.2 Å². The fourth-order valence-electron chi connectivity index (χ4n) is 8.39. The SMILES string of the molecule is C[Si]1(C)c2ccccc2N(c2ccc(C3(c4ccccc4)c4ccccc4N(c4ccccc4)c4ccccc43)cc2)c2ccccc21. The smallest absolute Gasteiger partial charge is 0.117 e. The highest BCUT2D eigenvalue weighted by Crippen LogP contribution is 2.57. The molecule has 3 heteroatoms. The Labute approximate surface area is 284 Å². The van der Waals surface area contributed by atoms with E-state index in [0.29, 0.717) is 0 Å². The van der Waals surface area contributed by atoms with Crippen LogP contribution in [-0.2, 0) is 5.41 Å². The molecule has 0 saturated carbocycles. The van der Waals surface area contributed by atoms with Crippen molar-refractivity contribution in [2.24, 2.45) is 0 Å². The van der Waals surface area contributed by atoms with E-state index in [2.05, 4.69) is 205 Å². The van der Waals surface area contributed by atoms with E-state index in [9.17, 15) is 0 Å². The van der Waals surface area contributed by atoms with Crippen LogP contribution in [0.5, 0.6) is 0 Å². The first-order chi connectivity index (χ1) is 23.6. The molecule has 0 N–H and O–H groups in total. The van der Waals surface area contributed by atoms with Gasteiger partial charge in [-0.2, -0.15) is 0 Å². The van der Waals surface area contributed by atoms with Crippen LogP contribution in [0.3, 0.4) is 0 Å². The van der Waals surface area contributed by atoms with Gasteiger partial charge in [0.1, 0.15) is 8.07 Å². The summed E-state index contributed by atoms with van der Waals surface area (Å²) in [6, 6.07) is 67.2. The van der Waals surface area contributed by atoms with Crippen LogP contribution in [0.2, 0.25) is 13.1 Å². The Morgan fingerprint density at radius 2 is 0.729 bits per heavy atom. The summed E-state index contributed by atoms with van der Waals surface area (Å²) in [6.07, 6.45) is 0. The average Bonchev–Trinajstić information content (AvgIpc) is 3.15. The van der Waals surface area contributed by atoms with Gasteiger partial charge in [0, 0.05) is 22.7 Å². The Balaban J connectivity index is 1.29. The highest BCUT2D eigenvalue weighted by atomic mass is 28.3. The van der Waals surface area contributed by atoms with E-state index in [1.807, 2.05) is 0 Å². The van der Waals surface area contributed by atoms with Crippen molar-refractivity contribution in [3.8, 4) is 0 Å². The first-order valence-corrected chi connectivity index (χ1v) is 19.8. The second-order valence-corrected chi connectivity index (χ2v) is 17.7. The van der Waals surface area contributed by atoms with Crippen LogP contribution in [0.1, 0.15) is 22.3 Å². The van der Waals surface area contributed by atoms with Crippen LogP contribution >= 0.6 is 0 Å². The summed E-state index contributed by atoms with van der Waals surface area (Å²) in [5.41, 5.74) is 11.8. The van der Waals surface area contributed by atoms with Gasteiger partial charge in [-0.05, 0) is 81.2 Å². The molecule has 0 aromatic heterocycles. The van der Waals surface area contributed by atoms with E-state index in [1.54, 1.807) is 0 Å². The van der Waals surface area contributed by atoms with Crippen LogP contribution in [0, 0.1) is 0 Å². The molecule has 0 unspecified atom stereocenters. The maximum Gasteiger partial charge on any atom is 0.117 e. The number of nitrogens with zero attached hydrogens (tertiary/aromatic N) is 2. The number of benzene rings is 7. The summed E-state index contributed by atoms with van der Waals surface area (Å²) < 4.78 is 0. The summed E-state index contributed by atoms with van der Waals surface area (Å²) in [7, 11) is -1.86. The molecule has 9 rings (SSSR count). The van der Waals surface area contributed by atoms with Gasteiger partial charge in [-0.1, -0.05) is 147 Å². The minimum atomic E-state index is -1.86. The molecule has 7 aromatic carbocycles. The molecule has 0 saturated heterocycles. The molecule has 0 atom stereocenters. The maximum atomic E-state index is 2.48. The fourth-order valence-corrected chi connectivity index (χ4v) is 11.4. The third-order valence-corrected chi connectivity index (χ3v) is 14.1. The molecule has 0 aliphatic carbocycles. The zero-order valence-electron chi connectivity index (χ0n) is 27.2. The molecule has 0 radical (unpaired) electrons. The van der Waals surface area contributed by atoms with Crippen molar-refractivity contribution in [2.45, 2.75) is 18.5 Å². The lowest BCUT2D eigenvalue weighted by molar-refractivity contribution is 0.731. The van der Waals surface area contributed by atoms with Gasteiger partial charge in [-0.25, -0.2) is 0 Å². The Morgan fingerprint density at radius 3 is 1.27 bits per heavy atom. The normalized spacial score (nSPS) is 15.1. The van der Waals surface area contributed by atoms with Crippen molar-refractivity contribution in [3.63, 3.8) is 0 Å². The lowest BCUT2D eigenvalue weighted by Crippen LogP contribution is -2.58. The average molecular weight is 633 g/mol. The fraction of sp³-hybridized carbons (Fsp3) is 0.0667. The van der Waals surface area contributed by atoms with E-state index in [4.69, 9.17) is 0 Å². The van der Waals surface area contributed by atoms with Gasteiger partial charge in [-0.15, -0.1) is 0 Å². The summed E-state index contributed by atoms with van der Waals surface area (Å²) in [4.78, 5) is 4.90. The van der Waals surface area contributed by atoms with Gasteiger partial charge in [0.05, 0.1) is 16.8 Å². The van der Waals surface area contributed by atoms with Crippen LogP contribution in [0.15, 0.2) is 182 Å². The molecule has 48 heavy (non-hydrogen) atoms.